The van der Waals surface area contributed by atoms with Crippen LogP contribution in [-0.4, -0.2) is 4.98 Å². The molecule has 1 aromatic heterocycles. The Morgan fingerprint density at radius 1 is 1.21 bits per heavy atom. The number of thiazole rings is 1. The molecule has 72 valence electrons. The summed E-state index contributed by atoms with van der Waals surface area (Å²) in [4.78, 5) is 5.83. The standard InChI is InChI=1S/C12H13NS/c1-3-11-13-9(2)12(14-11)10-7-5-4-6-8-10/h4-8H,3H2,1-2H3. The molecule has 0 saturated heterocycles. The van der Waals surface area contributed by atoms with E-state index in [2.05, 4.69) is 43.1 Å². The summed E-state index contributed by atoms with van der Waals surface area (Å²) >= 11 is 1.80. The first-order valence-corrected chi connectivity index (χ1v) is 5.64. The van der Waals surface area contributed by atoms with Gasteiger partial charge in [0.25, 0.3) is 0 Å². The Morgan fingerprint density at radius 3 is 2.50 bits per heavy atom. The van der Waals surface area contributed by atoms with Crippen LogP contribution in [0.25, 0.3) is 10.4 Å². The molecule has 0 spiro atoms. The summed E-state index contributed by atoms with van der Waals surface area (Å²) < 4.78 is 0. The number of aromatic nitrogens is 1. The summed E-state index contributed by atoms with van der Waals surface area (Å²) in [7, 11) is 0. The van der Waals surface area contributed by atoms with Gasteiger partial charge in [-0.15, -0.1) is 11.3 Å². The molecule has 0 N–H and O–H groups in total. The minimum absolute atomic E-state index is 1.03. The van der Waals surface area contributed by atoms with Crippen LogP contribution in [0.4, 0.5) is 0 Å². The Morgan fingerprint density at radius 2 is 1.93 bits per heavy atom. The highest BCUT2D eigenvalue weighted by molar-refractivity contribution is 7.15. The molecule has 1 heterocycles. The summed E-state index contributed by atoms with van der Waals surface area (Å²) in [6.45, 7) is 4.23. The Labute approximate surface area is 88.4 Å². The Hall–Kier alpha value is -1.15. The van der Waals surface area contributed by atoms with Gasteiger partial charge in [-0.25, -0.2) is 4.98 Å². The zero-order valence-electron chi connectivity index (χ0n) is 8.45. The molecule has 14 heavy (non-hydrogen) atoms. The van der Waals surface area contributed by atoms with Gasteiger partial charge in [-0.05, 0) is 18.9 Å². The molecular weight excluding hydrogens is 190 g/mol. The molecule has 0 aliphatic rings. The predicted molar refractivity (Wildman–Crippen MR) is 61.7 cm³/mol. The van der Waals surface area contributed by atoms with Gasteiger partial charge in [0.15, 0.2) is 0 Å². The maximum Gasteiger partial charge on any atom is 0.0931 e. The van der Waals surface area contributed by atoms with Crippen molar-refractivity contribution >= 4 is 11.3 Å². The molecule has 0 fully saturated rings. The molecule has 0 unspecified atom stereocenters. The number of hydrogen-bond donors (Lipinski definition) is 0. The molecule has 2 heteroatoms. The van der Waals surface area contributed by atoms with Crippen LogP contribution >= 0.6 is 11.3 Å². The van der Waals surface area contributed by atoms with Crippen LogP contribution < -0.4 is 0 Å². The number of benzene rings is 1. The zero-order valence-corrected chi connectivity index (χ0v) is 9.27. The predicted octanol–water partition coefficient (Wildman–Crippen LogP) is 3.68. The minimum atomic E-state index is 1.03. The molecule has 0 atom stereocenters. The quantitative estimate of drug-likeness (QED) is 0.725. The van der Waals surface area contributed by atoms with Gasteiger partial charge in [-0.2, -0.15) is 0 Å². The third kappa shape index (κ3) is 1.70. The van der Waals surface area contributed by atoms with Gasteiger partial charge < -0.3 is 0 Å². The van der Waals surface area contributed by atoms with Gasteiger partial charge in [0.1, 0.15) is 0 Å². The van der Waals surface area contributed by atoms with Gasteiger partial charge in [0.05, 0.1) is 15.6 Å². The largest absolute Gasteiger partial charge is 0.246 e. The fourth-order valence-corrected chi connectivity index (χ4v) is 2.47. The third-order valence-corrected chi connectivity index (χ3v) is 3.53. The number of rotatable bonds is 2. The third-order valence-electron chi connectivity index (χ3n) is 2.18. The number of nitrogens with zero attached hydrogens (tertiary/aromatic N) is 1. The fraction of sp³-hybridized carbons (Fsp3) is 0.250. The first-order chi connectivity index (χ1) is 6.81. The van der Waals surface area contributed by atoms with Gasteiger partial charge >= 0.3 is 0 Å². The second-order valence-corrected chi connectivity index (χ2v) is 4.33. The Bertz CT molecular complexity index is 417. The maximum absolute atomic E-state index is 4.52. The van der Waals surface area contributed by atoms with Gasteiger partial charge in [0, 0.05) is 0 Å². The van der Waals surface area contributed by atoms with Crippen LogP contribution in [0.15, 0.2) is 30.3 Å². The van der Waals surface area contributed by atoms with Gasteiger partial charge in [-0.3, -0.25) is 0 Å². The topological polar surface area (TPSA) is 12.9 Å². The summed E-state index contributed by atoms with van der Waals surface area (Å²) in [6, 6.07) is 10.5. The van der Waals surface area contributed by atoms with Crippen LogP contribution in [0.3, 0.4) is 0 Å². The summed E-state index contributed by atoms with van der Waals surface area (Å²) in [5, 5.41) is 1.22. The van der Waals surface area contributed by atoms with Crippen LogP contribution in [-0.2, 0) is 6.42 Å². The van der Waals surface area contributed by atoms with E-state index in [1.807, 2.05) is 6.07 Å². The van der Waals surface area contributed by atoms with E-state index in [1.54, 1.807) is 11.3 Å². The average molecular weight is 203 g/mol. The Balaban J connectivity index is 2.46. The molecule has 0 aliphatic heterocycles. The van der Waals surface area contributed by atoms with E-state index in [0.29, 0.717) is 0 Å². The van der Waals surface area contributed by atoms with Crippen molar-refractivity contribution in [2.45, 2.75) is 20.3 Å². The molecule has 0 radical (unpaired) electrons. The highest BCUT2D eigenvalue weighted by atomic mass is 32.1. The molecule has 2 rings (SSSR count). The maximum atomic E-state index is 4.52. The van der Waals surface area contributed by atoms with Gasteiger partial charge in [0.2, 0.25) is 0 Å². The average Bonchev–Trinajstić information content (AvgIpc) is 2.61. The van der Waals surface area contributed by atoms with Crippen molar-refractivity contribution < 1.29 is 0 Å². The van der Waals surface area contributed by atoms with Crippen molar-refractivity contribution in [3.8, 4) is 10.4 Å². The van der Waals surface area contributed by atoms with E-state index in [1.165, 1.54) is 15.4 Å². The molecule has 0 saturated carbocycles. The van der Waals surface area contributed by atoms with Crippen molar-refractivity contribution in [1.29, 1.82) is 0 Å². The lowest BCUT2D eigenvalue weighted by atomic mass is 10.2. The smallest absolute Gasteiger partial charge is 0.0931 e. The molecule has 2 aromatic rings. The second-order valence-electron chi connectivity index (χ2n) is 3.24. The van der Waals surface area contributed by atoms with Crippen LogP contribution in [0.2, 0.25) is 0 Å². The zero-order chi connectivity index (χ0) is 9.97. The summed E-state index contributed by atoms with van der Waals surface area (Å²) in [5.74, 6) is 0. The van der Waals surface area contributed by atoms with E-state index in [-0.39, 0.29) is 0 Å². The first-order valence-electron chi connectivity index (χ1n) is 4.83. The van der Waals surface area contributed by atoms with E-state index in [9.17, 15) is 0 Å². The van der Waals surface area contributed by atoms with E-state index < -0.39 is 0 Å². The minimum Gasteiger partial charge on any atom is -0.246 e. The molecule has 1 nitrogen and oxygen atoms in total. The SMILES string of the molecule is CCc1nc(C)c(-c2ccccc2)s1. The fourth-order valence-electron chi connectivity index (χ4n) is 1.46. The first kappa shape index (κ1) is 9.41. The van der Waals surface area contributed by atoms with Crippen LogP contribution in [0, 0.1) is 6.92 Å². The highest BCUT2D eigenvalue weighted by Gasteiger charge is 2.07. The molecular formula is C12H13NS. The second kappa shape index (κ2) is 3.93. The lowest BCUT2D eigenvalue weighted by molar-refractivity contribution is 1.07. The highest BCUT2D eigenvalue weighted by Crippen LogP contribution is 2.29. The van der Waals surface area contributed by atoms with Crippen LogP contribution in [0.1, 0.15) is 17.6 Å². The number of hydrogen-bond acceptors (Lipinski definition) is 2. The lowest BCUT2D eigenvalue weighted by Crippen LogP contribution is -1.78. The molecule has 0 bridgehead atoms. The van der Waals surface area contributed by atoms with Crippen molar-refractivity contribution in [2.75, 3.05) is 0 Å². The lowest BCUT2D eigenvalue weighted by Gasteiger charge is -1.96. The molecule has 1 aromatic carbocycles. The van der Waals surface area contributed by atoms with Crippen molar-refractivity contribution in [1.82, 2.24) is 4.98 Å². The van der Waals surface area contributed by atoms with E-state index in [4.69, 9.17) is 0 Å². The summed E-state index contributed by atoms with van der Waals surface area (Å²) in [5.41, 5.74) is 2.43. The van der Waals surface area contributed by atoms with Crippen molar-refractivity contribution in [3.63, 3.8) is 0 Å². The monoisotopic (exact) mass is 203 g/mol. The molecule has 0 amide bonds. The van der Waals surface area contributed by atoms with Crippen molar-refractivity contribution in [2.24, 2.45) is 0 Å². The normalized spacial score (nSPS) is 10.4. The Kier molecular flexibility index (Phi) is 2.64. The summed E-state index contributed by atoms with van der Waals surface area (Å²) in [6.07, 6.45) is 1.03. The van der Waals surface area contributed by atoms with E-state index in [0.717, 1.165) is 12.1 Å². The molecule has 0 aliphatic carbocycles. The van der Waals surface area contributed by atoms with E-state index >= 15 is 0 Å². The van der Waals surface area contributed by atoms with Gasteiger partial charge in [-0.1, -0.05) is 37.3 Å². The van der Waals surface area contributed by atoms with Crippen molar-refractivity contribution in [3.05, 3.63) is 41.0 Å². The number of aryl methyl sites for hydroxylation is 2. The van der Waals surface area contributed by atoms with Crippen LogP contribution in [0.5, 0.6) is 0 Å².